The molecule has 0 radical (unpaired) electrons. The van der Waals surface area contributed by atoms with Crippen LogP contribution in [0.5, 0.6) is 0 Å². The van der Waals surface area contributed by atoms with Gasteiger partial charge in [0.25, 0.3) is 5.91 Å². The van der Waals surface area contributed by atoms with Gasteiger partial charge in [0, 0.05) is 16.6 Å². The molecule has 1 amide bonds. The number of nitrogens with one attached hydrogen (secondary N) is 2. The van der Waals surface area contributed by atoms with Crippen molar-refractivity contribution in [2.75, 3.05) is 5.32 Å². The average molecular weight is 322 g/mol. The van der Waals surface area contributed by atoms with E-state index in [0.717, 1.165) is 12.1 Å². The maximum absolute atomic E-state index is 13.1. The predicted octanol–water partition coefficient (Wildman–Crippen LogP) is 4.58. The zero-order valence-electron chi connectivity index (χ0n) is 11.5. The number of amides is 1. The summed E-state index contributed by atoms with van der Waals surface area (Å²) in [6.45, 7) is 0. The minimum absolute atomic E-state index is 0.186. The molecule has 0 spiro atoms. The first-order chi connectivity index (χ1) is 10.8. The van der Waals surface area contributed by atoms with Crippen LogP contribution < -0.4 is 5.32 Å². The van der Waals surface area contributed by atoms with Crippen molar-refractivity contribution >= 4 is 22.5 Å². The van der Waals surface area contributed by atoms with Gasteiger partial charge in [-0.1, -0.05) is 0 Å². The van der Waals surface area contributed by atoms with Crippen molar-refractivity contribution in [2.24, 2.45) is 0 Å². The molecule has 0 aliphatic heterocycles. The molecule has 3 rings (SSSR count). The third-order valence-corrected chi connectivity index (χ3v) is 3.30. The third kappa shape index (κ3) is 3.18. The van der Waals surface area contributed by atoms with Gasteiger partial charge in [-0.15, -0.1) is 0 Å². The van der Waals surface area contributed by atoms with Crippen LogP contribution in [-0.4, -0.2) is 10.9 Å². The second-order valence-electron chi connectivity index (χ2n) is 4.94. The number of carbonyl (C=O) groups is 1. The Kier molecular flexibility index (Phi) is 3.55. The highest BCUT2D eigenvalue weighted by Gasteiger charge is 2.30. The van der Waals surface area contributed by atoms with E-state index in [1.54, 1.807) is 0 Å². The van der Waals surface area contributed by atoms with Gasteiger partial charge in [0.2, 0.25) is 0 Å². The lowest BCUT2D eigenvalue weighted by Gasteiger charge is -2.08. The number of aromatic nitrogens is 1. The van der Waals surface area contributed by atoms with Crippen LogP contribution in [0.2, 0.25) is 0 Å². The molecule has 2 aromatic carbocycles. The molecule has 7 heteroatoms. The molecule has 1 heterocycles. The summed E-state index contributed by atoms with van der Waals surface area (Å²) in [4.78, 5) is 14.9. The summed E-state index contributed by atoms with van der Waals surface area (Å²) in [5.41, 5.74) is 0.0810. The van der Waals surface area contributed by atoms with E-state index in [9.17, 15) is 22.4 Å². The van der Waals surface area contributed by atoms with E-state index in [2.05, 4.69) is 10.3 Å². The fourth-order valence-corrected chi connectivity index (χ4v) is 2.16. The van der Waals surface area contributed by atoms with Crippen molar-refractivity contribution in [3.63, 3.8) is 0 Å². The van der Waals surface area contributed by atoms with Gasteiger partial charge in [-0.05, 0) is 48.5 Å². The maximum atomic E-state index is 13.1. The van der Waals surface area contributed by atoms with Crippen molar-refractivity contribution in [3.05, 3.63) is 65.6 Å². The highest BCUT2D eigenvalue weighted by Crippen LogP contribution is 2.29. The molecule has 1 aromatic heterocycles. The Morgan fingerprint density at radius 1 is 1.00 bits per heavy atom. The van der Waals surface area contributed by atoms with E-state index in [1.165, 1.54) is 36.4 Å². The van der Waals surface area contributed by atoms with Crippen molar-refractivity contribution in [3.8, 4) is 0 Å². The first kappa shape index (κ1) is 15.1. The number of hydrogen-bond donors (Lipinski definition) is 2. The fourth-order valence-electron chi connectivity index (χ4n) is 2.16. The molecule has 0 saturated heterocycles. The van der Waals surface area contributed by atoms with E-state index in [1.807, 2.05) is 0 Å². The zero-order chi connectivity index (χ0) is 16.6. The number of hydrogen-bond acceptors (Lipinski definition) is 1. The Bertz CT molecular complexity index is 866. The summed E-state index contributed by atoms with van der Waals surface area (Å²) in [5.74, 6) is -0.963. The summed E-state index contributed by atoms with van der Waals surface area (Å²) >= 11 is 0. The minimum Gasteiger partial charge on any atom is -0.350 e. The number of fused-ring (bicyclic) bond motifs is 1. The number of rotatable bonds is 2. The normalized spacial score (nSPS) is 11.7. The van der Waals surface area contributed by atoms with Crippen LogP contribution in [0.15, 0.2) is 48.5 Å². The molecule has 0 atom stereocenters. The molecular weight excluding hydrogens is 312 g/mol. The molecule has 3 aromatic rings. The summed E-state index contributed by atoms with van der Waals surface area (Å²) in [6.07, 6.45) is -4.43. The van der Waals surface area contributed by atoms with Gasteiger partial charge in [-0.3, -0.25) is 4.79 Å². The number of H-pyrrole nitrogens is 1. The van der Waals surface area contributed by atoms with E-state index in [4.69, 9.17) is 0 Å². The Morgan fingerprint density at radius 3 is 2.35 bits per heavy atom. The van der Waals surface area contributed by atoms with Crippen LogP contribution >= 0.6 is 0 Å². The first-order valence-electron chi connectivity index (χ1n) is 6.60. The molecular formula is C16H10F4N2O. The smallest absolute Gasteiger partial charge is 0.350 e. The Hall–Kier alpha value is -2.83. The maximum Gasteiger partial charge on any atom is 0.416 e. The molecule has 23 heavy (non-hydrogen) atoms. The zero-order valence-corrected chi connectivity index (χ0v) is 11.5. The standard InChI is InChI=1S/C16H10F4N2O/c17-11-4-1-9-7-14(22-13(9)8-11)15(23)21-12-5-2-10(3-6-12)16(18,19)20/h1-8,22H,(H,21,23). The van der Waals surface area contributed by atoms with E-state index in [0.29, 0.717) is 10.9 Å². The molecule has 0 aliphatic rings. The lowest BCUT2D eigenvalue weighted by Crippen LogP contribution is -2.12. The van der Waals surface area contributed by atoms with Gasteiger partial charge in [-0.25, -0.2) is 4.39 Å². The summed E-state index contributed by atoms with van der Waals surface area (Å²) in [6, 6.07) is 9.70. The van der Waals surface area contributed by atoms with Gasteiger partial charge >= 0.3 is 6.18 Å². The molecule has 0 fully saturated rings. The number of benzene rings is 2. The van der Waals surface area contributed by atoms with Crippen LogP contribution in [-0.2, 0) is 6.18 Å². The topological polar surface area (TPSA) is 44.9 Å². The number of aromatic amines is 1. The van der Waals surface area contributed by atoms with Gasteiger partial charge in [0.05, 0.1) is 5.56 Å². The fraction of sp³-hybridized carbons (Fsp3) is 0.0625. The number of alkyl halides is 3. The van der Waals surface area contributed by atoms with Gasteiger partial charge in [0.15, 0.2) is 0 Å². The lowest BCUT2D eigenvalue weighted by molar-refractivity contribution is -0.137. The highest BCUT2D eigenvalue weighted by atomic mass is 19.4. The van der Waals surface area contributed by atoms with Gasteiger partial charge < -0.3 is 10.3 Å². The highest BCUT2D eigenvalue weighted by molar-refractivity contribution is 6.05. The van der Waals surface area contributed by atoms with Crippen LogP contribution in [0, 0.1) is 5.82 Å². The van der Waals surface area contributed by atoms with E-state index in [-0.39, 0.29) is 11.4 Å². The quantitative estimate of drug-likeness (QED) is 0.667. The van der Waals surface area contributed by atoms with E-state index < -0.39 is 23.5 Å². The van der Waals surface area contributed by atoms with Crippen LogP contribution in [0.1, 0.15) is 16.1 Å². The Morgan fingerprint density at radius 2 is 1.70 bits per heavy atom. The molecule has 3 nitrogen and oxygen atoms in total. The molecule has 118 valence electrons. The molecule has 0 aliphatic carbocycles. The Labute approximate surface area is 127 Å². The predicted molar refractivity (Wildman–Crippen MR) is 77.7 cm³/mol. The van der Waals surface area contributed by atoms with E-state index >= 15 is 0 Å². The summed E-state index contributed by atoms with van der Waals surface area (Å²) in [5, 5.41) is 3.14. The largest absolute Gasteiger partial charge is 0.416 e. The first-order valence-corrected chi connectivity index (χ1v) is 6.60. The van der Waals surface area contributed by atoms with Gasteiger partial charge in [0.1, 0.15) is 11.5 Å². The van der Waals surface area contributed by atoms with Crippen molar-refractivity contribution in [2.45, 2.75) is 6.18 Å². The van der Waals surface area contributed by atoms with Crippen molar-refractivity contribution in [1.82, 2.24) is 4.98 Å². The number of carbonyl (C=O) groups excluding carboxylic acids is 1. The van der Waals surface area contributed by atoms with Crippen LogP contribution in [0.4, 0.5) is 23.2 Å². The van der Waals surface area contributed by atoms with Crippen molar-refractivity contribution < 1.29 is 22.4 Å². The Balaban J connectivity index is 1.80. The SMILES string of the molecule is O=C(Nc1ccc(C(F)(F)F)cc1)c1cc2ccc(F)cc2[nH]1. The lowest BCUT2D eigenvalue weighted by atomic mass is 10.2. The average Bonchev–Trinajstić information content (AvgIpc) is 2.90. The number of anilines is 1. The second-order valence-corrected chi connectivity index (χ2v) is 4.94. The monoisotopic (exact) mass is 322 g/mol. The molecule has 0 unspecified atom stereocenters. The third-order valence-electron chi connectivity index (χ3n) is 3.30. The minimum atomic E-state index is -4.43. The van der Waals surface area contributed by atoms with Crippen LogP contribution in [0.3, 0.4) is 0 Å². The van der Waals surface area contributed by atoms with Crippen LogP contribution in [0.25, 0.3) is 10.9 Å². The summed E-state index contributed by atoms with van der Waals surface area (Å²) in [7, 11) is 0. The molecule has 2 N–H and O–H groups in total. The number of halogens is 4. The summed E-state index contributed by atoms with van der Waals surface area (Å²) < 4.78 is 50.5. The molecule has 0 saturated carbocycles. The van der Waals surface area contributed by atoms with Crippen molar-refractivity contribution in [1.29, 1.82) is 0 Å². The second kappa shape index (κ2) is 5.42. The molecule has 0 bridgehead atoms. The van der Waals surface area contributed by atoms with Gasteiger partial charge in [-0.2, -0.15) is 13.2 Å².